The smallest absolute Gasteiger partial charge is 0.236 e. The third kappa shape index (κ3) is 5.01. The standard InChI is InChI=1S/C13H18ClNO3S/c1-15-8-2-3-13(9-15)18-12-6-4-11(5-7-12)10-19(14,16)17/h4-7,13H,2-3,8-10H2,1H3. The molecule has 1 aromatic carbocycles. The molecular weight excluding hydrogens is 286 g/mol. The fourth-order valence-corrected chi connectivity index (χ4v) is 3.24. The van der Waals surface area contributed by atoms with E-state index in [0.717, 1.165) is 31.7 Å². The summed E-state index contributed by atoms with van der Waals surface area (Å²) in [6.45, 7) is 2.05. The Labute approximate surface area is 118 Å². The summed E-state index contributed by atoms with van der Waals surface area (Å²) in [5.41, 5.74) is 0.670. The van der Waals surface area contributed by atoms with E-state index in [4.69, 9.17) is 15.4 Å². The SMILES string of the molecule is CN1CCCC(Oc2ccc(CS(=O)(=O)Cl)cc2)C1. The molecule has 19 heavy (non-hydrogen) atoms. The number of ether oxygens (including phenoxy) is 1. The van der Waals surface area contributed by atoms with Crippen molar-refractivity contribution in [2.24, 2.45) is 0 Å². The third-order valence-corrected chi connectivity index (χ3v) is 4.15. The zero-order valence-corrected chi connectivity index (χ0v) is 12.5. The molecule has 1 atom stereocenters. The van der Waals surface area contributed by atoms with Gasteiger partial charge in [-0.2, -0.15) is 0 Å². The minimum atomic E-state index is -3.50. The van der Waals surface area contributed by atoms with Gasteiger partial charge in [-0.05, 0) is 44.1 Å². The molecule has 0 amide bonds. The molecule has 1 aliphatic rings. The predicted octanol–water partition coefficient (Wildman–Crippen LogP) is 2.23. The Balaban J connectivity index is 1.95. The van der Waals surface area contributed by atoms with Crippen molar-refractivity contribution >= 4 is 19.7 Å². The maximum Gasteiger partial charge on any atom is 0.236 e. The van der Waals surface area contributed by atoms with Crippen LogP contribution in [0.1, 0.15) is 18.4 Å². The molecule has 1 saturated heterocycles. The largest absolute Gasteiger partial charge is 0.489 e. The highest BCUT2D eigenvalue weighted by atomic mass is 35.7. The summed E-state index contributed by atoms with van der Waals surface area (Å²) >= 11 is 0. The molecule has 0 aliphatic carbocycles. The average molecular weight is 304 g/mol. The first-order chi connectivity index (χ1) is 8.92. The van der Waals surface area contributed by atoms with Crippen LogP contribution < -0.4 is 4.74 Å². The molecule has 0 N–H and O–H groups in total. The maximum absolute atomic E-state index is 11.0. The number of hydrogen-bond donors (Lipinski definition) is 0. The lowest BCUT2D eigenvalue weighted by molar-refractivity contribution is 0.104. The molecule has 1 aliphatic heterocycles. The van der Waals surface area contributed by atoms with E-state index in [-0.39, 0.29) is 11.9 Å². The molecule has 0 bridgehead atoms. The molecule has 106 valence electrons. The molecule has 6 heteroatoms. The lowest BCUT2D eigenvalue weighted by Gasteiger charge is -2.30. The van der Waals surface area contributed by atoms with Crippen LogP contribution in [0.25, 0.3) is 0 Å². The molecule has 0 saturated carbocycles. The van der Waals surface area contributed by atoms with Gasteiger partial charge >= 0.3 is 0 Å². The molecule has 2 rings (SSSR count). The first kappa shape index (κ1) is 14.6. The van der Waals surface area contributed by atoms with Crippen LogP contribution in [0.15, 0.2) is 24.3 Å². The highest BCUT2D eigenvalue weighted by Crippen LogP contribution is 2.19. The van der Waals surface area contributed by atoms with Gasteiger partial charge in [-0.1, -0.05) is 12.1 Å². The summed E-state index contributed by atoms with van der Waals surface area (Å²) in [5, 5.41) is 0. The lowest BCUT2D eigenvalue weighted by atomic mass is 10.1. The number of likely N-dealkylation sites (N-methyl/N-ethyl adjacent to an activating group) is 1. The molecule has 0 spiro atoms. The van der Waals surface area contributed by atoms with E-state index < -0.39 is 9.05 Å². The van der Waals surface area contributed by atoms with E-state index in [0.29, 0.717) is 5.56 Å². The van der Waals surface area contributed by atoms with Gasteiger partial charge in [0.05, 0.1) is 5.75 Å². The van der Waals surface area contributed by atoms with Gasteiger partial charge in [0.15, 0.2) is 0 Å². The van der Waals surface area contributed by atoms with Crippen molar-refractivity contribution in [1.82, 2.24) is 4.90 Å². The number of benzene rings is 1. The van der Waals surface area contributed by atoms with E-state index >= 15 is 0 Å². The Morgan fingerprint density at radius 2 is 2.05 bits per heavy atom. The summed E-state index contributed by atoms with van der Waals surface area (Å²) < 4.78 is 27.8. The van der Waals surface area contributed by atoms with E-state index in [1.54, 1.807) is 24.3 Å². The average Bonchev–Trinajstić information content (AvgIpc) is 2.30. The van der Waals surface area contributed by atoms with E-state index in [1.165, 1.54) is 0 Å². The summed E-state index contributed by atoms with van der Waals surface area (Å²) in [4.78, 5) is 2.25. The Morgan fingerprint density at radius 3 is 2.63 bits per heavy atom. The minimum Gasteiger partial charge on any atom is -0.489 e. The third-order valence-electron chi connectivity index (χ3n) is 3.15. The monoisotopic (exact) mass is 303 g/mol. The molecule has 1 aromatic rings. The number of nitrogens with zero attached hydrogens (tertiary/aromatic N) is 1. The molecular formula is C13H18ClNO3S. The van der Waals surface area contributed by atoms with Gasteiger partial charge in [-0.25, -0.2) is 8.42 Å². The number of piperidine rings is 1. The first-order valence-corrected chi connectivity index (χ1v) is 8.77. The van der Waals surface area contributed by atoms with Crippen LogP contribution in [-0.2, 0) is 14.8 Å². The van der Waals surface area contributed by atoms with Crippen molar-refractivity contribution in [3.05, 3.63) is 29.8 Å². The summed E-state index contributed by atoms with van der Waals surface area (Å²) in [7, 11) is 3.80. The second-order valence-electron chi connectivity index (χ2n) is 4.97. The molecule has 1 unspecified atom stereocenters. The highest BCUT2D eigenvalue weighted by molar-refractivity contribution is 8.13. The van der Waals surface area contributed by atoms with Gasteiger partial charge < -0.3 is 9.64 Å². The maximum atomic E-state index is 11.0. The highest BCUT2D eigenvalue weighted by Gasteiger charge is 2.18. The molecule has 0 aromatic heterocycles. The number of rotatable bonds is 4. The minimum absolute atomic E-state index is 0.152. The van der Waals surface area contributed by atoms with Gasteiger partial charge in [0, 0.05) is 17.2 Å². The van der Waals surface area contributed by atoms with Gasteiger partial charge in [-0.3, -0.25) is 0 Å². The van der Waals surface area contributed by atoms with E-state index in [9.17, 15) is 8.42 Å². The summed E-state index contributed by atoms with van der Waals surface area (Å²) in [6, 6.07) is 7.07. The molecule has 1 fully saturated rings. The zero-order valence-electron chi connectivity index (χ0n) is 10.9. The fourth-order valence-electron chi connectivity index (χ4n) is 2.27. The Kier molecular flexibility index (Phi) is 4.71. The van der Waals surface area contributed by atoms with Crippen LogP contribution in [-0.4, -0.2) is 39.6 Å². The Bertz CT molecular complexity index is 515. The van der Waals surface area contributed by atoms with Crippen molar-refractivity contribution in [2.45, 2.75) is 24.7 Å². The van der Waals surface area contributed by atoms with Crippen LogP contribution in [0, 0.1) is 0 Å². The van der Waals surface area contributed by atoms with Crippen LogP contribution in [0.3, 0.4) is 0 Å². The van der Waals surface area contributed by atoms with Gasteiger partial charge in [0.1, 0.15) is 11.9 Å². The quantitative estimate of drug-likeness (QED) is 0.800. The van der Waals surface area contributed by atoms with Crippen LogP contribution in [0.2, 0.25) is 0 Å². The topological polar surface area (TPSA) is 46.6 Å². The van der Waals surface area contributed by atoms with Crippen LogP contribution in [0.4, 0.5) is 0 Å². The zero-order chi connectivity index (χ0) is 13.9. The van der Waals surface area contributed by atoms with Gasteiger partial charge in [-0.15, -0.1) is 0 Å². The lowest BCUT2D eigenvalue weighted by Crippen LogP contribution is -2.38. The molecule has 1 heterocycles. The van der Waals surface area contributed by atoms with E-state index in [2.05, 4.69) is 11.9 Å². The summed E-state index contributed by atoms with van der Waals surface area (Å²) in [6.07, 6.45) is 2.41. The van der Waals surface area contributed by atoms with Gasteiger partial charge in [0.2, 0.25) is 9.05 Å². The van der Waals surface area contributed by atoms with E-state index in [1.807, 2.05) is 0 Å². The van der Waals surface area contributed by atoms with Crippen molar-refractivity contribution in [3.8, 4) is 5.75 Å². The van der Waals surface area contributed by atoms with Crippen LogP contribution >= 0.6 is 10.7 Å². The second kappa shape index (κ2) is 6.11. The van der Waals surface area contributed by atoms with Crippen molar-refractivity contribution in [3.63, 3.8) is 0 Å². The first-order valence-electron chi connectivity index (χ1n) is 6.29. The Hall–Kier alpha value is -0.780. The summed E-state index contributed by atoms with van der Waals surface area (Å²) in [5.74, 6) is 0.622. The van der Waals surface area contributed by atoms with Crippen LogP contribution in [0.5, 0.6) is 5.75 Å². The normalized spacial score (nSPS) is 21.3. The van der Waals surface area contributed by atoms with Crippen molar-refractivity contribution < 1.29 is 13.2 Å². The fraction of sp³-hybridized carbons (Fsp3) is 0.538. The Morgan fingerprint density at radius 1 is 1.37 bits per heavy atom. The van der Waals surface area contributed by atoms with Crippen molar-refractivity contribution in [1.29, 1.82) is 0 Å². The second-order valence-corrected chi connectivity index (χ2v) is 7.75. The number of likely N-dealkylation sites (tertiary alicyclic amines) is 1. The molecule has 0 radical (unpaired) electrons. The number of halogens is 1. The molecule has 4 nitrogen and oxygen atoms in total. The van der Waals surface area contributed by atoms with Crippen molar-refractivity contribution in [2.75, 3.05) is 20.1 Å². The number of hydrogen-bond acceptors (Lipinski definition) is 4. The van der Waals surface area contributed by atoms with Gasteiger partial charge in [0.25, 0.3) is 0 Å². The predicted molar refractivity (Wildman–Crippen MR) is 76.1 cm³/mol.